The lowest BCUT2D eigenvalue weighted by atomic mass is 10.2. The SMILES string of the molecule is C[C@H]1C=CC=CN=C1. The topological polar surface area (TPSA) is 12.4 Å². The second-order valence-corrected chi connectivity index (χ2v) is 1.88. The Bertz CT molecular complexity index is 126. The minimum Gasteiger partial charge on any atom is -0.268 e. The lowest BCUT2D eigenvalue weighted by molar-refractivity contribution is 1.03. The highest BCUT2D eigenvalue weighted by Crippen LogP contribution is 1.96. The fraction of sp³-hybridized carbons (Fsp3) is 0.286. The van der Waals surface area contributed by atoms with Crippen LogP contribution in [0.15, 0.2) is 29.4 Å². The molecule has 0 radical (unpaired) electrons. The van der Waals surface area contributed by atoms with Crippen LogP contribution in [-0.2, 0) is 0 Å². The van der Waals surface area contributed by atoms with Gasteiger partial charge in [-0.15, -0.1) is 0 Å². The van der Waals surface area contributed by atoms with Crippen LogP contribution >= 0.6 is 0 Å². The van der Waals surface area contributed by atoms with Crippen molar-refractivity contribution in [3.05, 3.63) is 24.4 Å². The van der Waals surface area contributed by atoms with Crippen molar-refractivity contribution in [2.45, 2.75) is 6.92 Å². The Kier molecular flexibility index (Phi) is 1.62. The first-order valence-electron chi connectivity index (χ1n) is 2.76. The average molecular weight is 107 g/mol. The van der Waals surface area contributed by atoms with Crippen molar-refractivity contribution in [2.75, 3.05) is 0 Å². The molecule has 1 heterocycles. The van der Waals surface area contributed by atoms with Crippen LogP contribution in [0.2, 0.25) is 0 Å². The zero-order chi connectivity index (χ0) is 5.82. The van der Waals surface area contributed by atoms with Gasteiger partial charge >= 0.3 is 0 Å². The normalized spacial score (nSPS) is 25.9. The fourth-order valence-electron chi connectivity index (χ4n) is 0.574. The van der Waals surface area contributed by atoms with Crippen LogP contribution in [0.3, 0.4) is 0 Å². The molecule has 1 aliphatic rings. The molecule has 0 aromatic rings. The molecule has 1 rings (SSSR count). The Balaban J connectivity index is 2.66. The lowest BCUT2D eigenvalue weighted by Crippen LogP contribution is -1.86. The minimum absolute atomic E-state index is 0.491. The molecule has 0 saturated carbocycles. The van der Waals surface area contributed by atoms with Gasteiger partial charge in [0.1, 0.15) is 0 Å². The Labute approximate surface area is 49.4 Å². The van der Waals surface area contributed by atoms with Crippen molar-refractivity contribution in [3.8, 4) is 0 Å². The molecular formula is C7H9N. The Morgan fingerprint density at radius 2 is 2.25 bits per heavy atom. The Morgan fingerprint density at radius 3 is 3.12 bits per heavy atom. The van der Waals surface area contributed by atoms with Crippen molar-refractivity contribution >= 4 is 6.21 Å². The quantitative estimate of drug-likeness (QED) is 0.447. The largest absolute Gasteiger partial charge is 0.268 e. The van der Waals surface area contributed by atoms with Gasteiger partial charge in [0.05, 0.1) is 0 Å². The third kappa shape index (κ3) is 1.34. The summed E-state index contributed by atoms with van der Waals surface area (Å²) in [5.74, 6) is 0.491. The summed E-state index contributed by atoms with van der Waals surface area (Å²) >= 11 is 0. The molecule has 0 saturated heterocycles. The zero-order valence-corrected chi connectivity index (χ0v) is 4.91. The van der Waals surface area contributed by atoms with Crippen molar-refractivity contribution in [2.24, 2.45) is 10.9 Å². The molecule has 1 heteroatoms. The van der Waals surface area contributed by atoms with Crippen molar-refractivity contribution in [3.63, 3.8) is 0 Å². The summed E-state index contributed by atoms with van der Waals surface area (Å²) in [4.78, 5) is 3.98. The van der Waals surface area contributed by atoms with Crippen LogP contribution in [0.4, 0.5) is 0 Å². The van der Waals surface area contributed by atoms with Crippen LogP contribution in [0.25, 0.3) is 0 Å². The summed E-state index contributed by atoms with van der Waals surface area (Å²) in [6.45, 7) is 2.10. The van der Waals surface area contributed by atoms with Crippen molar-refractivity contribution in [1.29, 1.82) is 0 Å². The molecule has 0 aromatic carbocycles. The van der Waals surface area contributed by atoms with Crippen LogP contribution in [0, 0.1) is 5.92 Å². The fourth-order valence-corrected chi connectivity index (χ4v) is 0.574. The maximum Gasteiger partial charge on any atom is 0.0264 e. The van der Waals surface area contributed by atoms with Crippen molar-refractivity contribution < 1.29 is 0 Å². The van der Waals surface area contributed by atoms with Gasteiger partial charge in [-0.2, -0.15) is 0 Å². The maximum absolute atomic E-state index is 3.98. The third-order valence-corrected chi connectivity index (χ3v) is 1.02. The smallest absolute Gasteiger partial charge is 0.0264 e. The van der Waals surface area contributed by atoms with Gasteiger partial charge in [-0.25, -0.2) is 0 Å². The molecule has 0 aliphatic carbocycles. The Morgan fingerprint density at radius 1 is 1.38 bits per heavy atom. The standard InChI is InChI=1S/C7H9N/c1-7-4-2-3-5-8-6-7/h2-7H,1H3/t7-/m0/s1. The van der Waals surface area contributed by atoms with E-state index in [4.69, 9.17) is 0 Å². The van der Waals surface area contributed by atoms with Crippen LogP contribution in [0.5, 0.6) is 0 Å². The predicted molar refractivity (Wildman–Crippen MR) is 35.9 cm³/mol. The third-order valence-electron chi connectivity index (χ3n) is 1.02. The van der Waals surface area contributed by atoms with E-state index in [1.54, 1.807) is 6.20 Å². The molecule has 0 aromatic heterocycles. The first-order valence-corrected chi connectivity index (χ1v) is 2.76. The van der Waals surface area contributed by atoms with E-state index in [0.717, 1.165) is 0 Å². The Hall–Kier alpha value is -0.850. The summed E-state index contributed by atoms with van der Waals surface area (Å²) in [5, 5.41) is 0. The summed E-state index contributed by atoms with van der Waals surface area (Å²) in [6, 6.07) is 0. The molecule has 1 nitrogen and oxygen atoms in total. The predicted octanol–water partition coefficient (Wildman–Crippen LogP) is 1.78. The molecule has 0 amide bonds. The molecule has 1 aliphatic heterocycles. The van der Waals surface area contributed by atoms with Gasteiger partial charge in [-0.3, -0.25) is 4.99 Å². The number of nitrogens with zero attached hydrogens (tertiary/aromatic N) is 1. The molecule has 0 unspecified atom stereocenters. The molecule has 1 atom stereocenters. The summed E-state index contributed by atoms with van der Waals surface area (Å²) in [5.41, 5.74) is 0. The number of aliphatic imine (C=N–C) groups is 1. The highest BCUT2D eigenvalue weighted by Gasteiger charge is 1.88. The number of hydrogen-bond acceptors (Lipinski definition) is 1. The molecule has 8 heavy (non-hydrogen) atoms. The highest BCUT2D eigenvalue weighted by molar-refractivity contribution is 5.64. The van der Waals surface area contributed by atoms with Gasteiger partial charge in [-0.1, -0.05) is 19.1 Å². The van der Waals surface area contributed by atoms with Crippen LogP contribution in [-0.4, -0.2) is 6.21 Å². The van der Waals surface area contributed by atoms with E-state index in [1.165, 1.54) is 0 Å². The molecule has 0 spiro atoms. The van der Waals surface area contributed by atoms with Gasteiger partial charge < -0.3 is 0 Å². The molecule has 0 bridgehead atoms. The summed E-state index contributed by atoms with van der Waals surface area (Å²) < 4.78 is 0. The van der Waals surface area contributed by atoms with Crippen LogP contribution < -0.4 is 0 Å². The second kappa shape index (κ2) is 2.46. The molecule has 42 valence electrons. The lowest BCUT2D eigenvalue weighted by Gasteiger charge is -1.89. The molecule has 0 N–H and O–H groups in total. The molecular weight excluding hydrogens is 98.1 g/mol. The van der Waals surface area contributed by atoms with Gasteiger partial charge in [0, 0.05) is 18.3 Å². The number of rotatable bonds is 0. The molecule has 0 fully saturated rings. The number of allylic oxidation sites excluding steroid dienone is 3. The van der Waals surface area contributed by atoms with E-state index in [2.05, 4.69) is 18.0 Å². The van der Waals surface area contributed by atoms with E-state index in [-0.39, 0.29) is 0 Å². The first kappa shape index (κ1) is 5.29. The van der Waals surface area contributed by atoms with E-state index in [1.807, 2.05) is 18.4 Å². The van der Waals surface area contributed by atoms with E-state index < -0.39 is 0 Å². The minimum atomic E-state index is 0.491. The van der Waals surface area contributed by atoms with Crippen LogP contribution in [0.1, 0.15) is 6.92 Å². The highest BCUT2D eigenvalue weighted by atomic mass is 14.7. The van der Waals surface area contributed by atoms with E-state index in [9.17, 15) is 0 Å². The van der Waals surface area contributed by atoms with Gasteiger partial charge in [0.25, 0.3) is 0 Å². The van der Waals surface area contributed by atoms with E-state index in [0.29, 0.717) is 5.92 Å². The average Bonchev–Trinajstić information content (AvgIpc) is 1.94. The van der Waals surface area contributed by atoms with E-state index >= 15 is 0 Å². The number of hydrogen-bond donors (Lipinski definition) is 0. The monoisotopic (exact) mass is 107 g/mol. The van der Waals surface area contributed by atoms with Gasteiger partial charge in [0.2, 0.25) is 0 Å². The van der Waals surface area contributed by atoms with Gasteiger partial charge in [-0.05, 0) is 6.08 Å². The summed E-state index contributed by atoms with van der Waals surface area (Å²) in [6.07, 6.45) is 9.75. The van der Waals surface area contributed by atoms with Gasteiger partial charge in [0.15, 0.2) is 0 Å². The van der Waals surface area contributed by atoms with Crippen molar-refractivity contribution in [1.82, 2.24) is 0 Å². The zero-order valence-electron chi connectivity index (χ0n) is 4.91. The maximum atomic E-state index is 3.98. The summed E-state index contributed by atoms with van der Waals surface area (Å²) in [7, 11) is 0. The first-order chi connectivity index (χ1) is 3.89. The second-order valence-electron chi connectivity index (χ2n) is 1.88.